The van der Waals surface area contributed by atoms with Crippen LogP contribution in [0.2, 0.25) is 0 Å². The van der Waals surface area contributed by atoms with E-state index in [9.17, 15) is 4.79 Å². The Kier molecular flexibility index (Phi) is 3.33. The molecule has 0 aromatic carbocycles. The largest absolute Gasteiger partial charge is 0.455 e. The minimum atomic E-state index is -0.431. The number of esters is 1. The Hall–Kier alpha value is -2.70. The summed E-state index contributed by atoms with van der Waals surface area (Å²) in [4.78, 5) is 16.5. The maximum atomic E-state index is 12.3. The van der Waals surface area contributed by atoms with Gasteiger partial charge in [-0.25, -0.2) is 14.3 Å². The van der Waals surface area contributed by atoms with Gasteiger partial charge < -0.3 is 9.26 Å². The van der Waals surface area contributed by atoms with Gasteiger partial charge in [-0.3, -0.25) is 0 Å². The Morgan fingerprint density at radius 2 is 2.26 bits per heavy atom. The van der Waals surface area contributed by atoms with Crippen molar-refractivity contribution in [1.29, 1.82) is 0 Å². The molecule has 0 bridgehead atoms. The first-order chi connectivity index (χ1) is 11.2. The van der Waals surface area contributed by atoms with Gasteiger partial charge in [-0.15, -0.1) is 0 Å². The zero-order chi connectivity index (χ0) is 15.8. The molecule has 0 spiro atoms. The molecule has 1 aliphatic carbocycles. The van der Waals surface area contributed by atoms with E-state index in [-0.39, 0.29) is 6.61 Å². The molecule has 0 fully saturated rings. The third-order valence-corrected chi connectivity index (χ3v) is 4.25. The highest BCUT2D eigenvalue weighted by Crippen LogP contribution is 2.24. The lowest BCUT2D eigenvalue weighted by Crippen LogP contribution is -2.12. The molecule has 4 rings (SSSR count). The van der Waals surface area contributed by atoms with Crippen LogP contribution in [0.5, 0.6) is 0 Å². The molecule has 0 aliphatic heterocycles. The predicted molar refractivity (Wildman–Crippen MR) is 80.0 cm³/mol. The summed E-state index contributed by atoms with van der Waals surface area (Å²) in [6.45, 7) is 1.94. The van der Waals surface area contributed by atoms with Crippen molar-refractivity contribution in [2.24, 2.45) is 0 Å². The smallest absolute Gasteiger partial charge is 0.341 e. The second-order valence-corrected chi connectivity index (χ2v) is 5.67. The summed E-state index contributed by atoms with van der Waals surface area (Å²) in [5.74, 6) is 0.498. The Morgan fingerprint density at radius 3 is 3.17 bits per heavy atom. The minimum absolute atomic E-state index is 0.119. The molecule has 0 radical (unpaired) electrons. The zero-order valence-electron chi connectivity index (χ0n) is 12.8. The van der Waals surface area contributed by atoms with E-state index >= 15 is 0 Å². The monoisotopic (exact) mass is 312 g/mol. The van der Waals surface area contributed by atoms with Gasteiger partial charge in [0.15, 0.2) is 5.65 Å². The highest BCUT2D eigenvalue weighted by atomic mass is 16.5. The molecular formula is C16H16N4O3. The van der Waals surface area contributed by atoms with Crippen molar-refractivity contribution in [2.45, 2.75) is 39.2 Å². The third kappa shape index (κ3) is 2.38. The number of aromatic nitrogens is 4. The lowest BCUT2D eigenvalue weighted by atomic mass is 9.97. The number of hydrogen-bond acceptors (Lipinski definition) is 6. The number of hydrogen-bond donors (Lipinski definition) is 0. The van der Waals surface area contributed by atoms with Crippen LogP contribution in [-0.4, -0.2) is 25.7 Å². The highest BCUT2D eigenvalue weighted by Gasteiger charge is 2.21. The van der Waals surface area contributed by atoms with Crippen LogP contribution in [0.3, 0.4) is 0 Å². The lowest BCUT2D eigenvalue weighted by Gasteiger charge is -2.10. The molecule has 1 aliphatic rings. The van der Waals surface area contributed by atoms with Crippen LogP contribution < -0.4 is 0 Å². The first-order valence-electron chi connectivity index (χ1n) is 7.67. The van der Waals surface area contributed by atoms with Crippen LogP contribution >= 0.6 is 0 Å². The molecule has 7 heteroatoms. The predicted octanol–water partition coefficient (Wildman–Crippen LogP) is 2.26. The summed E-state index contributed by atoms with van der Waals surface area (Å²) in [7, 11) is 0. The first-order valence-corrected chi connectivity index (χ1v) is 7.67. The molecule has 0 atom stereocenters. The Morgan fingerprint density at radius 1 is 1.39 bits per heavy atom. The van der Waals surface area contributed by atoms with Gasteiger partial charge in [0.2, 0.25) is 0 Å². The number of carbonyl (C=O) groups excluding carboxylic acids is 1. The van der Waals surface area contributed by atoms with Crippen LogP contribution in [-0.2, 0) is 24.2 Å². The molecule has 0 amide bonds. The standard InChI is InChI=1S/C16H16N4O3/c1-10-12(8-17-15-6-7-18-20(10)15)16(21)22-9-13-11-4-2-3-5-14(11)23-19-13/h6-8H,2-5,9H2,1H3. The number of fused-ring (bicyclic) bond motifs is 2. The van der Waals surface area contributed by atoms with Crippen molar-refractivity contribution < 1.29 is 14.1 Å². The van der Waals surface area contributed by atoms with Crippen LogP contribution in [0.25, 0.3) is 5.65 Å². The molecular weight excluding hydrogens is 296 g/mol. The molecule has 3 aromatic heterocycles. The summed E-state index contributed by atoms with van der Waals surface area (Å²) < 4.78 is 12.4. The number of ether oxygens (including phenoxy) is 1. The maximum absolute atomic E-state index is 12.3. The molecule has 3 aromatic rings. The molecule has 0 saturated carbocycles. The van der Waals surface area contributed by atoms with Crippen molar-refractivity contribution in [3.8, 4) is 0 Å². The second-order valence-electron chi connectivity index (χ2n) is 5.67. The quantitative estimate of drug-likeness (QED) is 0.690. The van der Waals surface area contributed by atoms with E-state index in [0.29, 0.717) is 16.9 Å². The van der Waals surface area contributed by atoms with Gasteiger partial charge in [0.1, 0.15) is 18.1 Å². The topological polar surface area (TPSA) is 82.5 Å². The van der Waals surface area contributed by atoms with Crippen molar-refractivity contribution in [2.75, 3.05) is 0 Å². The van der Waals surface area contributed by atoms with E-state index < -0.39 is 5.97 Å². The van der Waals surface area contributed by atoms with E-state index in [2.05, 4.69) is 15.2 Å². The summed E-state index contributed by atoms with van der Waals surface area (Å²) in [6.07, 6.45) is 7.25. The number of aryl methyl sites for hydroxylation is 2. The molecule has 0 unspecified atom stereocenters. The van der Waals surface area contributed by atoms with Crippen molar-refractivity contribution in [3.05, 3.63) is 46.7 Å². The zero-order valence-corrected chi connectivity index (χ0v) is 12.8. The van der Waals surface area contributed by atoms with Gasteiger partial charge in [-0.1, -0.05) is 5.16 Å². The van der Waals surface area contributed by atoms with Crippen LogP contribution in [0, 0.1) is 6.92 Å². The average Bonchev–Trinajstić information content (AvgIpc) is 3.20. The highest BCUT2D eigenvalue weighted by molar-refractivity contribution is 5.90. The van der Waals surface area contributed by atoms with E-state index in [1.807, 2.05) is 6.92 Å². The molecule has 0 saturated heterocycles. The van der Waals surface area contributed by atoms with Gasteiger partial charge in [0, 0.05) is 24.2 Å². The fourth-order valence-corrected chi connectivity index (χ4v) is 2.97. The first kappa shape index (κ1) is 13.9. The van der Waals surface area contributed by atoms with Gasteiger partial charge >= 0.3 is 5.97 Å². The normalized spacial score (nSPS) is 14.0. The summed E-state index contributed by atoms with van der Waals surface area (Å²) >= 11 is 0. The van der Waals surface area contributed by atoms with E-state index in [1.54, 1.807) is 16.8 Å². The lowest BCUT2D eigenvalue weighted by molar-refractivity contribution is 0.0461. The summed E-state index contributed by atoms with van der Waals surface area (Å²) in [5, 5.41) is 8.19. The van der Waals surface area contributed by atoms with E-state index in [4.69, 9.17) is 9.26 Å². The fourth-order valence-electron chi connectivity index (χ4n) is 2.97. The summed E-state index contributed by atoms with van der Waals surface area (Å²) in [6, 6.07) is 1.78. The minimum Gasteiger partial charge on any atom is -0.455 e. The third-order valence-electron chi connectivity index (χ3n) is 4.25. The number of nitrogens with zero attached hydrogens (tertiary/aromatic N) is 4. The summed E-state index contributed by atoms with van der Waals surface area (Å²) in [5.41, 5.74) is 3.62. The Labute approximate surface area is 132 Å². The van der Waals surface area contributed by atoms with Gasteiger partial charge in [0.05, 0.1) is 17.5 Å². The second kappa shape index (κ2) is 5.49. The number of rotatable bonds is 3. The van der Waals surface area contributed by atoms with Crippen LogP contribution in [0.4, 0.5) is 0 Å². The van der Waals surface area contributed by atoms with Crippen LogP contribution in [0.15, 0.2) is 23.0 Å². The fraction of sp³-hybridized carbons (Fsp3) is 0.375. The van der Waals surface area contributed by atoms with E-state index in [1.165, 1.54) is 6.20 Å². The SMILES string of the molecule is Cc1c(C(=O)OCc2noc3c2CCCC3)cnc2ccnn12. The van der Waals surface area contributed by atoms with Gasteiger partial charge in [0.25, 0.3) is 0 Å². The van der Waals surface area contributed by atoms with Crippen molar-refractivity contribution in [1.82, 2.24) is 19.8 Å². The molecule has 118 valence electrons. The maximum Gasteiger partial charge on any atom is 0.341 e. The molecule has 3 heterocycles. The van der Waals surface area contributed by atoms with Crippen molar-refractivity contribution in [3.63, 3.8) is 0 Å². The Bertz CT molecular complexity index is 881. The number of carbonyl (C=O) groups is 1. The van der Waals surface area contributed by atoms with E-state index in [0.717, 1.165) is 42.7 Å². The van der Waals surface area contributed by atoms with Gasteiger partial charge in [-0.05, 0) is 26.2 Å². The molecule has 23 heavy (non-hydrogen) atoms. The Balaban J connectivity index is 1.53. The average molecular weight is 312 g/mol. The molecule has 7 nitrogen and oxygen atoms in total. The van der Waals surface area contributed by atoms with Crippen molar-refractivity contribution >= 4 is 11.6 Å². The van der Waals surface area contributed by atoms with Gasteiger partial charge in [-0.2, -0.15) is 5.10 Å². The van der Waals surface area contributed by atoms with Crippen LogP contribution in [0.1, 0.15) is 45.9 Å². The molecule has 0 N–H and O–H groups in total.